The lowest BCUT2D eigenvalue weighted by Gasteiger charge is -2.44. The molecule has 0 bridgehead atoms. The number of nitrogens with zero attached hydrogens (tertiary/aromatic N) is 3. The molecule has 2 saturated heterocycles. The first-order valence-electron chi connectivity index (χ1n) is 7.83. The van der Waals surface area contributed by atoms with Crippen LogP contribution in [0.2, 0.25) is 0 Å². The zero-order valence-corrected chi connectivity index (χ0v) is 12.8. The molecule has 4 heteroatoms. The molecular formula is C17H23N3O. The summed E-state index contributed by atoms with van der Waals surface area (Å²) < 4.78 is 0. The van der Waals surface area contributed by atoms with Crippen molar-refractivity contribution in [2.75, 3.05) is 24.5 Å². The third kappa shape index (κ3) is 2.64. The van der Waals surface area contributed by atoms with Crippen LogP contribution in [0.25, 0.3) is 0 Å². The van der Waals surface area contributed by atoms with E-state index in [-0.39, 0.29) is 0 Å². The molecule has 0 aliphatic carbocycles. The second-order valence-corrected chi connectivity index (χ2v) is 6.35. The van der Waals surface area contributed by atoms with Crippen LogP contribution in [0, 0.1) is 11.3 Å². The van der Waals surface area contributed by atoms with Gasteiger partial charge in [-0.2, -0.15) is 5.26 Å². The molecule has 2 heterocycles. The number of aliphatic hydroxyl groups is 1. The summed E-state index contributed by atoms with van der Waals surface area (Å²) in [7, 11) is 0. The van der Waals surface area contributed by atoms with Gasteiger partial charge in [0.25, 0.3) is 0 Å². The predicted octanol–water partition coefficient (Wildman–Crippen LogP) is 2.28. The van der Waals surface area contributed by atoms with E-state index in [4.69, 9.17) is 5.26 Å². The fourth-order valence-corrected chi connectivity index (χ4v) is 3.74. The Morgan fingerprint density at radius 1 is 1.38 bits per heavy atom. The molecule has 2 unspecified atom stereocenters. The van der Waals surface area contributed by atoms with Crippen LogP contribution in [0.15, 0.2) is 18.2 Å². The Bertz CT molecular complexity index is 564. The molecule has 1 N–H and O–H groups in total. The zero-order valence-electron chi connectivity index (χ0n) is 12.8. The molecule has 3 rings (SSSR count). The monoisotopic (exact) mass is 285 g/mol. The summed E-state index contributed by atoms with van der Waals surface area (Å²) in [5.74, 6) is 0. The molecule has 0 radical (unpaired) electrons. The van der Waals surface area contributed by atoms with Gasteiger partial charge in [-0.1, -0.05) is 6.07 Å². The standard InChI is InChI=1S/C17H23N3O/c1-12-10-19-7-3-4-15(19)11-20(12)17-8-14(9-18)5-6-16(17)13(2)21/h5-6,8,12-13,15,21H,3-4,7,10-11H2,1-2H3/t12?,13-,15?/m1/s1. The molecule has 0 saturated carbocycles. The number of piperazine rings is 1. The molecule has 21 heavy (non-hydrogen) atoms. The smallest absolute Gasteiger partial charge is 0.0992 e. The lowest BCUT2D eigenvalue weighted by Crippen LogP contribution is -2.55. The Balaban J connectivity index is 1.96. The molecule has 0 amide bonds. The Morgan fingerprint density at radius 3 is 2.90 bits per heavy atom. The van der Waals surface area contributed by atoms with Gasteiger partial charge in [-0.25, -0.2) is 0 Å². The summed E-state index contributed by atoms with van der Waals surface area (Å²) in [5, 5.41) is 19.2. The van der Waals surface area contributed by atoms with Crippen molar-refractivity contribution in [2.24, 2.45) is 0 Å². The summed E-state index contributed by atoms with van der Waals surface area (Å²) in [6, 6.07) is 8.86. The lowest BCUT2D eigenvalue weighted by molar-refractivity contribution is 0.192. The summed E-state index contributed by atoms with van der Waals surface area (Å²) >= 11 is 0. The Kier molecular flexibility index (Phi) is 3.88. The summed E-state index contributed by atoms with van der Waals surface area (Å²) in [4.78, 5) is 4.97. The van der Waals surface area contributed by atoms with Gasteiger partial charge in [0.2, 0.25) is 0 Å². The fraction of sp³-hybridized carbons (Fsp3) is 0.588. The van der Waals surface area contributed by atoms with Gasteiger partial charge in [0.05, 0.1) is 17.7 Å². The van der Waals surface area contributed by atoms with Crippen LogP contribution in [0.3, 0.4) is 0 Å². The Morgan fingerprint density at radius 2 is 2.19 bits per heavy atom. The van der Waals surface area contributed by atoms with Gasteiger partial charge >= 0.3 is 0 Å². The van der Waals surface area contributed by atoms with Crippen molar-refractivity contribution >= 4 is 5.69 Å². The first-order valence-corrected chi connectivity index (χ1v) is 7.83. The molecule has 1 aromatic rings. The molecular weight excluding hydrogens is 262 g/mol. The number of nitriles is 1. The predicted molar refractivity (Wildman–Crippen MR) is 83.2 cm³/mol. The number of rotatable bonds is 2. The molecule has 4 nitrogen and oxygen atoms in total. The molecule has 2 fully saturated rings. The van der Waals surface area contributed by atoms with E-state index in [9.17, 15) is 5.11 Å². The van der Waals surface area contributed by atoms with Crippen molar-refractivity contribution in [3.63, 3.8) is 0 Å². The van der Waals surface area contributed by atoms with Crippen LogP contribution in [-0.2, 0) is 0 Å². The maximum absolute atomic E-state index is 10.1. The molecule has 0 spiro atoms. The average Bonchev–Trinajstić information content (AvgIpc) is 2.92. The van der Waals surface area contributed by atoms with E-state index in [1.54, 1.807) is 13.0 Å². The number of benzene rings is 1. The van der Waals surface area contributed by atoms with Gasteiger partial charge in [0.15, 0.2) is 0 Å². The van der Waals surface area contributed by atoms with Crippen LogP contribution in [0.5, 0.6) is 0 Å². The quantitative estimate of drug-likeness (QED) is 0.906. The minimum absolute atomic E-state index is 0.408. The highest BCUT2D eigenvalue weighted by molar-refractivity contribution is 5.59. The SMILES string of the molecule is CC1CN2CCCC2CN1c1cc(C#N)ccc1[C@@H](C)O. The van der Waals surface area contributed by atoms with Gasteiger partial charge in [0.1, 0.15) is 0 Å². The topological polar surface area (TPSA) is 50.5 Å². The highest BCUT2D eigenvalue weighted by atomic mass is 16.3. The molecule has 1 aromatic carbocycles. The first-order chi connectivity index (χ1) is 10.1. The van der Waals surface area contributed by atoms with E-state index in [1.165, 1.54) is 19.4 Å². The van der Waals surface area contributed by atoms with Crippen molar-refractivity contribution in [3.05, 3.63) is 29.3 Å². The maximum Gasteiger partial charge on any atom is 0.0992 e. The second-order valence-electron chi connectivity index (χ2n) is 6.35. The Labute approximate surface area is 126 Å². The van der Waals surface area contributed by atoms with E-state index in [1.807, 2.05) is 12.1 Å². The fourth-order valence-electron chi connectivity index (χ4n) is 3.74. The van der Waals surface area contributed by atoms with Crippen LogP contribution >= 0.6 is 0 Å². The maximum atomic E-state index is 10.1. The van der Waals surface area contributed by atoms with Crippen LogP contribution in [0.4, 0.5) is 5.69 Å². The highest BCUT2D eigenvalue weighted by Gasteiger charge is 2.35. The number of hydrogen-bond donors (Lipinski definition) is 1. The molecule has 112 valence electrons. The largest absolute Gasteiger partial charge is 0.389 e. The van der Waals surface area contributed by atoms with E-state index in [0.717, 1.165) is 24.3 Å². The van der Waals surface area contributed by atoms with E-state index in [2.05, 4.69) is 22.8 Å². The van der Waals surface area contributed by atoms with E-state index >= 15 is 0 Å². The number of aliphatic hydroxyl groups excluding tert-OH is 1. The first kappa shape index (κ1) is 14.4. The molecule has 3 atom stereocenters. The lowest BCUT2D eigenvalue weighted by atomic mass is 10.0. The van der Waals surface area contributed by atoms with Crippen LogP contribution in [-0.4, -0.2) is 41.7 Å². The summed E-state index contributed by atoms with van der Waals surface area (Å²) in [6.45, 7) is 7.31. The van der Waals surface area contributed by atoms with Crippen molar-refractivity contribution in [1.29, 1.82) is 5.26 Å². The van der Waals surface area contributed by atoms with Gasteiger partial charge < -0.3 is 10.0 Å². The van der Waals surface area contributed by atoms with Crippen LogP contribution in [0.1, 0.15) is 43.9 Å². The van der Waals surface area contributed by atoms with E-state index < -0.39 is 6.10 Å². The van der Waals surface area contributed by atoms with Gasteiger partial charge in [-0.15, -0.1) is 0 Å². The number of anilines is 1. The average molecular weight is 285 g/mol. The second kappa shape index (κ2) is 5.67. The summed E-state index contributed by atoms with van der Waals surface area (Å²) in [6.07, 6.45) is 2.03. The molecule has 2 aliphatic rings. The number of hydrogen-bond acceptors (Lipinski definition) is 4. The summed E-state index contributed by atoms with van der Waals surface area (Å²) in [5.41, 5.74) is 2.62. The highest BCUT2D eigenvalue weighted by Crippen LogP contribution is 2.33. The third-order valence-electron chi connectivity index (χ3n) is 4.86. The van der Waals surface area contributed by atoms with Crippen molar-refractivity contribution < 1.29 is 5.11 Å². The van der Waals surface area contributed by atoms with Crippen LogP contribution < -0.4 is 4.90 Å². The van der Waals surface area contributed by atoms with E-state index in [0.29, 0.717) is 17.6 Å². The Hall–Kier alpha value is -1.57. The van der Waals surface area contributed by atoms with Gasteiger partial charge in [-0.3, -0.25) is 4.90 Å². The van der Waals surface area contributed by atoms with Gasteiger partial charge in [0, 0.05) is 36.4 Å². The van der Waals surface area contributed by atoms with Crippen molar-refractivity contribution in [3.8, 4) is 6.07 Å². The minimum atomic E-state index is -0.512. The number of fused-ring (bicyclic) bond motifs is 1. The zero-order chi connectivity index (χ0) is 15.0. The third-order valence-corrected chi connectivity index (χ3v) is 4.86. The molecule has 2 aliphatic heterocycles. The minimum Gasteiger partial charge on any atom is -0.389 e. The van der Waals surface area contributed by atoms with Crippen molar-refractivity contribution in [1.82, 2.24) is 4.90 Å². The van der Waals surface area contributed by atoms with Crippen molar-refractivity contribution in [2.45, 2.75) is 44.9 Å². The molecule has 0 aromatic heterocycles. The van der Waals surface area contributed by atoms with Gasteiger partial charge in [-0.05, 0) is 45.4 Å². The normalized spacial score (nSPS) is 27.2.